The van der Waals surface area contributed by atoms with Gasteiger partial charge >= 0.3 is 18.9 Å². The van der Waals surface area contributed by atoms with Crippen LogP contribution in [0, 0.1) is 0 Å². The maximum atomic E-state index is 12.3. The number of halogens is 2. The predicted octanol–water partition coefficient (Wildman–Crippen LogP) is 3.08. The van der Waals surface area contributed by atoms with E-state index in [0.29, 0.717) is 21.2 Å². The zero-order valence-electron chi connectivity index (χ0n) is 8.78. The molecule has 2 rings (SSSR count). The van der Waals surface area contributed by atoms with Crippen LogP contribution in [0.4, 0.5) is 0 Å². The average molecular weight is 291 g/mol. The molecule has 0 bridgehead atoms. The monoisotopic (exact) mass is 290 g/mol. The second kappa shape index (κ2) is 6.76. The molecule has 0 heterocycles. The molecule has 0 aliphatic carbocycles. The Morgan fingerprint density at radius 3 is 2.06 bits per heavy atom. The van der Waals surface area contributed by atoms with Crippen LogP contribution in [0.3, 0.4) is 0 Å². The number of ketones is 1. The van der Waals surface area contributed by atoms with E-state index in [4.69, 9.17) is 23.2 Å². The molecule has 0 radical (unpaired) electrons. The summed E-state index contributed by atoms with van der Waals surface area (Å²) in [7, 11) is 2.53. The molecule has 0 spiro atoms. The molecule has 18 heavy (non-hydrogen) atoms. The van der Waals surface area contributed by atoms with Crippen molar-refractivity contribution in [2.45, 2.75) is 0 Å². The topological polar surface area (TPSA) is 17.1 Å². The number of hydrogen-bond acceptors (Lipinski definition) is 1. The van der Waals surface area contributed by atoms with Gasteiger partial charge in [-0.15, -0.1) is 9.24 Å². The summed E-state index contributed by atoms with van der Waals surface area (Å²) in [6.07, 6.45) is 0. The Labute approximate surface area is 130 Å². The summed E-state index contributed by atoms with van der Waals surface area (Å²) in [6.45, 7) is 0. The third kappa shape index (κ3) is 3.18. The molecule has 1 unspecified atom stereocenters. The van der Waals surface area contributed by atoms with Crippen LogP contribution in [0.2, 0.25) is 10.0 Å². The molecule has 0 aromatic heterocycles. The minimum absolute atomic E-state index is 0. The summed E-state index contributed by atoms with van der Waals surface area (Å²) in [5.41, 5.74) is 0.943. The Morgan fingerprint density at radius 2 is 1.50 bits per heavy atom. The number of carbonyl (C=O) groups excluding carboxylic acids is 1. The van der Waals surface area contributed by atoms with Crippen molar-refractivity contribution >= 4 is 62.4 Å². The Balaban J connectivity index is 0.00000162. The summed E-state index contributed by atoms with van der Waals surface area (Å²) >= 11 is 12.0. The van der Waals surface area contributed by atoms with Gasteiger partial charge in [-0.2, -0.15) is 0 Å². The van der Waals surface area contributed by atoms with Crippen LogP contribution in [0.1, 0.15) is 15.9 Å². The van der Waals surface area contributed by atoms with Crippen LogP contribution in [-0.2, 0) is 0 Å². The van der Waals surface area contributed by atoms with E-state index in [-0.39, 0.29) is 24.6 Å². The van der Waals surface area contributed by atoms with Crippen LogP contribution >= 0.6 is 32.4 Å². The zero-order chi connectivity index (χ0) is 12.4. The van der Waals surface area contributed by atoms with Gasteiger partial charge in [-0.1, -0.05) is 53.5 Å². The number of hydrogen-bond donors (Lipinski definition) is 0. The van der Waals surface area contributed by atoms with E-state index < -0.39 is 0 Å². The van der Waals surface area contributed by atoms with Gasteiger partial charge in [0.25, 0.3) is 0 Å². The maximum absolute atomic E-state index is 12.3. The molecular formula is C13H10Cl2LiOP. The zero-order valence-corrected chi connectivity index (χ0v) is 11.4. The van der Waals surface area contributed by atoms with Crippen molar-refractivity contribution in [3.8, 4) is 0 Å². The van der Waals surface area contributed by atoms with E-state index in [1.54, 1.807) is 24.3 Å². The number of carbonyl (C=O) groups is 1. The van der Waals surface area contributed by atoms with Gasteiger partial charge in [-0.3, -0.25) is 4.79 Å². The standard InChI is InChI=1S/C13H9Cl2OP.Li.H/c14-9-5-3-6-10(15)12(9)13(16)8-4-1-2-7-11(8)17;;/h1-7H,17H2;;. The van der Waals surface area contributed by atoms with Gasteiger partial charge in [0.15, 0.2) is 5.78 Å². The fraction of sp³-hybridized carbons (Fsp3) is 0. The third-order valence-electron chi connectivity index (χ3n) is 2.40. The predicted molar refractivity (Wildman–Crippen MR) is 82.8 cm³/mol. The van der Waals surface area contributed by atoms with Crippen molar-refractivity contribution in [3.05, 3.63) is 63.6 Å². The first-order valence-electron chi connectivity index (χ1n) is 4.94. The second-order valence-electron chi connectivity index (χ2n) is 3.51. The first kappa shape index (κ1) is 15.8. The van der Waals surface area contributed by atoms with Crippen LogP contribution in [0.25, 0.3) is 0 Å². The van der Waals surface area contributed by atoms with Crippen molar-refractivity contribution in [2.75, 3.05) is 0 Å². The molecule has 0 saturated heterocycles. The summed E-state index contributed by atoms with van der Waals surface area (Å²) in [5, 5.41) is 1.57. The molecule has 0 saturated carbocycles. The fourth-order valence-electron chi connectivity index (χ4n) is 1.55. The summed E-state index contributed by atoms with van der Waals surface area (Å²) in [6, 6.07) is 12.3. The molecule has 1 nitrogen and oxygen atoms in total. The first-order valence-corrected chi connectivity index (χ1v) is 6.28. The van der Waals surface area contributed by atoms with Gasteiger partial charge in [0.1, 0.15) is 0 Å². The molecule has 5 heteroatoms. The Kier molecular flexibility index (Phi) is 5.92. The van der Waals surface area contributed by atoms with Gasteiger partial charge in [0.2, 0.25) is 0 Å². The van der Waals surface area contributed by atoms with Crippen LogP contribution < -0.4 is 5.30 Å². The average Bonchev–Trinajstić information content (AvgIpc) is 2.29. The first-order chi connectivity index (χ1) is 8.11. The van der Waals surface area contributed by atoms with E-state index in [1.165, 1.54) is 0 Å². The SMILES string of the molecule is O=C(c1ccccc1P)c1c(Cl)cccc1Cl.[LiH]. The van der Waals surface area contributed by atoms with Gasteiger partial charge in [0.05, 0.1) is 15.6 Å². The second-order valence-corrected chi connectivity index (χ2v) is 4.95. The van der Waals surface area contributed by atoms with Gasteiger partial charge in [0, 0.05) is 5.56 Å². The Bertz CT molecular complexity index is 567. The van der Waals surface area contributed by atoms with Crippen molar-refractivity contribution < 1.29 is 4.79 Å². The van der Waals surface area contributed by atoms with Crippen molar-refractivity contribution in [1.29, 1.82) is 0 Å². The van der Waals surface area contributed by atoms with Crippen molar-refractivity contribution in [2.24, 2.45) is 0 Å². The molecular weight excluding hydrogens is 281 g/mol. The molecule has 2 aromatic rings. The van der Waals surface area contributed by atoms with E-state index in [1.807, 2.05) is 18.2 Å². The van der Waals surface area contributed by atoms with Gasteiger partial charge < -0.3 is 0 Å². The van der Waals surface area contributed by atoms with Crippen LogP contribution in [-0.4, -0.2) is 24.6 Å². The van der Waals surface area contributed by atoms with E-state index in [9.17, 15) is 4.79 Å². The molecule has 0 aliphatic heterocycles. The van der Waals surface area contributed by atoms with Gasteiger partial charge in [-0.25, -0.2) is 0 Å². The Hall–Kier alpha value is -0.283. The molecule has 0 amide bonds. The fourth-order valence-corrected chi connectivity index (χ4v) is 2.46. The third-order valence-corrected chi connectivity index (χ3v) is 3.53. The van der Waals surface area contributed by atoms with Gasteiger partial charge in [-0.05, 0) is 17.4 Å². The number of benzene rings is 2. The molecule has 88 valence electrons. The molecule has 1 atom stereocenters. The summed E-state index contributed by atoms with van der Waals surface area (Å²) in [4.78, 5) is 12.3. The normalized spacial score (nSPS) is 9.72. The van der Waals surface area contributed by atoms with Crippen LogP contribution in [0.15, 0.2) is 42.5 Å². The minimum atomic E-state index is -0.161. The molecule has 0 aliphatic rings. The number of rotatable bonds is 2. The quantitative estimate of drug-likeness (QED) is 0.472. The van der Waals surface area contributed by atoms with E-state index in [2.05, 4.69) is 9.24 Å². The Morgan fingerprint density at radius 1 is 0.944 bits per heavy atom. The molecule has 0 fully saturated rings. The molecule has 0 N–H and O–H groups in total. The molecule has 2 aromatic carbocycles. The summed E-state index contributed by atoms with van der Waals surface area (Å²) in [5.74, 6) is -0.161. The van der Waals surface area contributed by atoms with E-state index >= 15 is 0 Å². The van der Waals surface area contributed by atoms with Crippen molar-refractivity contribution in [1.82, 2.24) is 0 Å². The summed E-state index contributed by atoms with van der Waals surface area (Å²) < 4.78 is 0. The van der Waals surface area contributed by atoms with E-state index in [0.717, 1.165) is 5.30 Å². The van der Waals surface area contributed by atoms with Crippen molar-refractivity contribution in [3.63, 3.8) is 0 Å². The van der Waals surface area contributed by atoms with Crippen LogP contribution in [0.5, 0.6) is 0 Å².